The molecule has 2 N–H and O–H groups in total. The van der Waals surface area contributed by atoms with E-state index >= 15 is 0 Å². The standard InChI is InChI=1S/C20H22N2O/c1-2-15-13-16-7-4-6-10-19(16)22(20(23)11-12-21)14-17-8-3-5-9-18(15)17/h3-10,13H,2,11-12,14,21H2,1H3. The van der Waals surface area contributed by atoms with Crippen LogP contribution in [0.5, 0.6) is 0 Å². The molecule has 1 amide bonds. The maximum absolute atomic E-state index is 12.6. The van der Waals surface area contributed by atoms with Crippen molar-refractivity contribution in [1.82, 2.24) is 0 Å². The molecule has 1 aliphatic heterocycles. The van der Waals surface area contributed by atoms with Gasteiger partial charge in [0, 0.05) is 13.0 Å². The van der Waals surface area contributed by atoms with Gasteiger partial charge in [0.25, 0.3) is 0 Å². The molecule has 0 saturated carbocycles. The number of para-hydroxylation sites is 1. The monoisotopic (exact) mass is 306 g/mol. The van der Waals surface area contributed by atoms with Crippen LogP contribution < -0.4 is 10.6 Å². The molecule has 3 heteroatoms. The van der Waals surface area contributed by atoms with Crippen molar-refractivity contribution in [3.05, 3.63) is 65.2 Å². The van der Waals surface area contributed by atoms with E-state index in [1.165, 1.54) is 16.7 Å². The van der Waals surface area contributed by atoms with Gasteiger partial charge in [-0.05, 0) is 40.8 Å². The van der Waals surface area contributed by atoms with Crippen LogP contribution in [0.15, 0.2) is 48.5 Å². The van der Waals surface area contributed by atoms with Crippen LogP contribution in [-0.4, -0.2) is 12.5 Å². The zero-order chi connectivity index (χ0) is 16.2. The van der Waals surface area contributed by atoms with E-state index in [1.54, 1.807) is 0 Å². The molecule has 0 radical (unpaired) electrons. The molecule has 23 heavy (non-hydrogen) atoms. The third kappa shape index (κ3) is 3.06. The molecule has 0 bridgehead atoms. The number of anilines is 1. The van der Waals surface area contributed by atoms with Crippen molar-refractivity contribution in [3.8, 4) is 0 Å². The van der Waals surface area contributed by atoms with Gasteiger partial charge in [-0.2, -0.15) is 0 Å². The molecule has 0 atom stereocenters. The predicted molar refractivity (Wildman–Crippen MR) is 95.9 cm³/mol. The van der Waals surface area contributed by atoms with Crippen LogP contribution in [0.3, 0.4) is 0 Å². The maximum atomic E-state index is 12.6. The molecule has 3 rings (SSSR count). The minimum absolute atomic E-state index is 0.0723. The molecule has 2 aromatic rings. The van der Waals surface area contributed by atoms with Crippen molar-refractivity contribution in [2.75, 3.05) is 11.4 Å². The summed E-state index contributed by atoms with van der Waals surface area (Å²) in [6, 6.07) is 16.4. The van der Waals surface area contributed by atoms with Crippen LogP contribution >= 0.6 is 0 Å². The highest BCUT2D eigenvalue weighted by atomic mass is 16.2. The first-order valence-electron chi connectivity index (χ1n) is 8.13. The van der Waals surface area contributed by atoms with Gasteiger partial charge in [0.2, 0.25) is 5.91 Å². The van der Waals surface area contributed by atoms with Crippen molar-refractivity contribution < 1.29 is 4.79 Å². The van der Waals surface area contributed by atoms with E-state index in [4.69, 9.17) is 5.73 Å². The van der Waals surface area contributed by atoms with Crippen molar-refractivity contribution in [1.29, 1.82) is 0 Å². The number of nitrogens with zero attached hydrogens (tertiary/aromatic N) is 1. The third-order valence-corrected chi connectivity index (χ3v) is 4.29. The lowest BCUT2D eigenvalue weighted by Crippen LogP contribution is -2.33. The zero-order valence-corrected chi connectivity index (χ0v) is 13.5. The number of nitrogens with two attached hydrogens (primary N) is 1. The highest BCUT2D eigenvalue weighted by Gasteiger charge is 2.21. The van der Waals surface area contributed by atoms with Crippen LogP contribution in [0.2, 0.25) is 0 Å². The Morgan fingerprint density at radius 1 is 1.13 bits per heavy atom. The Hall–Kier alpha value is -2.39. The fraction of sp³-hybridized carbons (Fsp3) is 0.250. The number of carbonyl (C=O) groups is 1. The highest BCUT2D eigenvalue weighted by molar-refractivity contribution is 5.98. The predicted octanol–water partition coefficient (Wildman–Crippen LogP) is 3.83. The Labute approximate surface area is 137 Å². The highest BCUT2D eigenvalue weighted by Crippen LogP contribution is 2.33. The van der Waals surface area contributed by atoms with Crippen molar-refractivity contribution in [2.45, 2.75) is 26.3 Å². The van der Waals surface area contributed by atoms with Crippen molar-refractivity contribution in [2.24, 2.45) is 5.73 Å². The second-order valence-corrected chi connectivity index (χ2v) is 5.76. The van der Waals surface area contributed by atoms with Gasteiger partial charge in [-0.25, -0.2) is 0 Å². The molecule has 0 aromatic heterocycles. The van der Waals surface area contributed by atoms with Gasteiger partial charge in [0.05, 0.1) is 12.2 Å². The first kappa shape index (κ1) is 15.5. The number of allylic oxidation sites excluding steroid dienone is 1. The molecule has 3 nitrogen and oxygen atoms in total. The third-order valence-electron chi connectivity index (χ3n) is 4.29. The topological polar surface area (TPSA) is 46.3 Å². The number of rotatable bonds is 3. The summed E-state index contributed by atoms with van der Waals surface area (Å²) >= 11 is 0. The quantitative estimate of drug-likeness (QED) is 0.936. The summed E-state index contributed by atoms with van der Waals surface area (Å²) in [6.45, 7) is 3.13. The van der Waals surface area contributed by atoms with Crippen LogP contribution in [0, 0.1) is 0 Å². The second-order valence-electron chi connectivity index (χ2n) is 5.76. The van der Waals surface area contributed by atoms with E-state index in [-0.39, 0.29) is 5.91 Å². The number of fused-ring (bicyclic) bond motifs is 2. The molecule has 0 fully saturated rings. The van der Waals surface area contributed by atoms with E-state index in [0.717, 1.165) is 17.7 Å². The average molecular weight is 306 g/mol. The summed E-state index contributed by atoms with van der Waals surface area (Å²) in [5.41, 5.74) is 11.4. The van der Waals surface area contributed by atoms with Gasteiger partial charge in [0.1, 0.15) is 0 Å². The van der Waals surface area contributed by atoms with Crippen LogP contribution in [-0.2, 0) is 11.3 Å². The fourth-order valence-corrected chi connectivity index (χ4v) is 3.12. The number of hydrogen-bond acceptors (Lipinski definition) is 2. The molecule has 0 saturated heterocycles. The van der Waals surface area contributed by atoms with Crippen LogP contribution in [0.1, 0.15) is 36.5 Å². The second kappa shape index (κ2) is 6.80. The van der Waals surface area contributed by atoms with Crippen molar-refractivity contribution >= 4 is 23.2 Å². The molecule has 2 aromatic carbocycles. The van der Waals surface area contributed by atoms with E-state index in [0.29, 0.717) is 19.5 Å². The summed E-state index contributed by atoms with van der Waals surface area (Å²) in [5.74, 6) is 0.0723. The van der Waals surface area contributed by atoms with Gasteiger partial charge < -0.3 is 10.6 Å². The van der Waals surface area contributed by atoms with E-state index in [2.05, 4.69) is 37.3 Å². The van der Waals surface area contributed by atoms with Crippen LogP contribution in [0.25, 0.3) is 11.6 Å². The molecular formula is C20H22N2O. The zero-order valence-electron chi connectivity index (χ0n) is 13.5. The van der Waals surface area contributed by atoms with E-state index in [1.807, 2.05) is 29.2 Å². The Bertz CT molecular complexity index is 749. The van der Waals surface area contributed by atoms with Gasteiger partial charge in [-0.3, -0.25) is 4.79 Å². The summed E-state index contributed by atoms with van der Waals surface area (Å²) in [6.07, 6.45) is 3.53. The molecular weight excluding hydrogens is 284 g/mol. The number of amides is 1. The summed E-state index contributed by atoms with van der Waals surface area (Å²) in [4.78, 5) is 14.5. The first-order valence-corrected chi connectivity index (χ1v) is 8.13. The van der Waals surface area contributed by atoms with E-state index in [9.17, 15) is 4.79 Å². The number of carbonyl (C=O) groups excluding carboxylic acids is 1. The fourth-order valence-electron chi connectivity index (χ4n) is 3.12. The SMILES string of the molecule is CCC1=Cc2ccccc2N(C(=O)CCN)Cc2ccccc21. The summed E-state index contributed by atoms with van der Waals surface area (Å²) in [7, 11) is 0. The van der Waals surface area contributed by atoms with Gasteiger partial charge in [0.15, 0.2) is 0 Å². The van der Waals surface area contributed by atoms with Gasteiger partial charge >= 0.3 is 0 Å². The lowest BCUT2D eigenvalue weighted by Gasteiger charge is -2.28. The average Bonchev–Trinajstić information content (AvgIpc) is 2.57. The molecule has 118 valence electrons. The van der Waals surface area contributed by atoms with Crippen molar-refractivity contribution in [3.63, 3.8) is 0 Å². The smallest absolute Gasteiger partial charge is 0.228 e. The Morgan fingerprint density at radius 3 is 2.65 bits per heavy atom. The minimum Gasteiger partial charge on any atom is -0.330 e. The Balaban J connectivity index is 2.19. The molecule has 1 aliphatic rings. The lowest BCUT2D eigenvalue weighted by molar-refractivity contribution is -0.118. The minimum atomic E-state index is 0.0723. The molecule has 1 heterocycles. The first-order chi connectivity index (χ1) is 11.2. The lowest BCUT2D eigenvalue weighted by atomic mass is 9.93. The molecule has 0 unspecified atom stereocenters. The van der Waals surface area contributed by atoms with Gasteiger partial charge in [-0.1, -0.05) is 49.4 Å². The van der Waals surface area contributed by atoms with Crippen LogP contribution in [0.4, 0.5) is 5.69 Å². The molecule has 0 spiro atoms. The largest absolute Gasteiger partial charge is 0.330 e. The summed E-state index contributed by atoms with van der Waals surface area (Å²) < 4.78 is 0. The van der Waals surface area contributed by atoms with Gasteiger partial charge in [-0.15, -0.1) is 0 Å². The summed E-state index contributed by atoms with van der Waals surface area (Å²) in [5, 5.41) is 0. The number of hydrogen-bond donors (Lipinski definition) is 1. The molecule has 0 aliphatic carbocycles. The number of benzene rings is 2. The Kier molecular flexibility index (Phi) is 4.58. The Morgan fingerprint density at radius 2 is 1.87 bits per heavy atom. The normalized spacial score (nSPS) is 13.5. The van der Waals surface area contributed by atoms with E-state index < -0.39 is 0 Å². The maximum Gasteiger partial charge on any atom is 0.228 e.